The number of rotatable bonds is 6. The molecular weight excluding hydrogens is 236 g/mol. The normalized spacial score (nSPS) is 14.2. The van der Waals surface area contributed by atoms with Gasteiger partial charge in [0.2, 0.25) is 11.8 Å². The van der Waals surface area contributed by atoms with Gasteiger partial charge in [-0.05, 0) is 11.8 Å². The minimum Gasteiger partial charge on any atom is -0.480 e. The Labute approximate surface area is 107 Å². The van der Waals surface area contributed by atoms with Crippen LogP contribution in [0.2, 0.25) is 0 Å². The molecule has 0 saturated heterocycles. The topological polar surface area (TPSA) is 95.5 Å². The van der Waals surface area contributed by atoms with Crippen molar-refractivity contribution in [3.05, 3.63) is 0 Å². The summed E-state index contributed by atoms with van der Waals surface area (Å²) >= 11 is 0. The molecule has 0 fully saturated rings. The summed E-state index contributed by atoms with van der Waals surface area (Å²) < 4.78 is 0. The zero-order chi connectivity index (χ0) is 14.5. The average molecular weight is 258 g/mol. The molecule has 0 radical (unpaired) electrons. The zero-order valence-corrected chi connectivity index (χ0v) is 11.5. The number of carboxylic acids is 1. The maximum atomic E-state index is 12.0. The van der Waals surface area contributed by atoms with E-state index in [-0.39, 0.29) is 17.7 Å². The fourth-order valence-electron chi connectivity index (χ4n) is 1.51. The Morgan fingerprint density at radius 2 is 1.33 bits per heavy atom. The van der Waals surface area contributed by atoms with Gasteiger partial charge in [-0.3, -0.25) is 9.59 Å². The summed E-state index contributed by atoms with van der Waals surface area (Å²) in [4.78, 5) is 33.9. The molecule has 6 heteroatoms. The van der Waals surface area contributed by atoms with Crippen LogP contribution in [-0.2, 0) is 14.4 Å². The van der Waals surface area contributed by atoms with Crippen LogP contribution in [0, 0.1) is 11.8 Å². The average Bonchev–Trinajstić information content (AvgIpc) is 2.20. The summed E-state index contributed by atoms with van der Waals surface area (Å²) in [6.45, 7) is 8.31. The molecule has 0 aromatic heterocycles. The molecule has 0 aliphatic carbocycles. The van der Waals surface area contributed by atoms with Crippen molar-refractivity contribution in [1.29, 1.82) is 0 Å². The fraction of sp³-hybridized carbons (Fsp3) is 0.750. The van der Waals surface area contributed by atoms with Gasteiger partial charge < -0.3 is 15.7 Å². The van der Waals surface area contributed by atoms with Gasteiger partial charge in [0.15, 0.2) is 0 Å². The second-order valence-corrected chi connectivity index (χ2v) is 4.99. The SMILES string of the molecule is CC(=O)NC(C(=O)N[C@@H](C(=O)O)C(C)C)C(C)C. The largest absolute Gasteiger partial charge is 0.480 e. The smallest absolute Gasteiger partial charge is 0.326 e. The summed E-state index contributed by atoms with van der Waals surface area (Å²) in [5, 5.41) is 14.0. The van der Waals surface area contributed by atoms with Gasteiger partial charge in [-0.1, -0.05) is 27.7 Å². The first-order chi connectivity index (χ1) is 8.16. The number of amides is 2. The Balaban J connectivity index is 4.77. The number of carbonyl (C=O) groups excluding carboxylic acids is 2. The second-order valence-electron chi connectivity index (χ2n) is 4.99. The van der Waals surface area contributed by atoms with Crippen molar-refractivity contribution in [2.24, 2.45) is 11.8 Å². The summed E-state index contributed by atoms with van der Waals surface area (Å²) in [6.07, 6.45) is 0. The first-order valence-corrected chi connectivity index (χ1v) is 5.97. The molecule has 0 aromatic carbocycles. The lowest BCUT2D eigenvalue weighted by atomic mass is 10.0. The monoisotopic (exact) mass is 258 g/mol. The molecule has 0 bridgehead atoms. The van der Waals surface area contributed by atoms with Crippen LogP contribution in [-0.4, -0.2) is 35.0 Å². The predicted octanol–water partition coefficient (Wildman–Crippen LogP) is 0.372. The van der Waals surface area contributed by atoms with E-state index in [2.05, 4.69) is 10.6 Å². The summed E-state index contributed by atoms with van der Waals surface area (Å²) in [5.41, 5.74) is 0. The molecule has 0 aromatic rings. The Morgan fingerprint density at radius 1 is 0.889 bits per heavy atom. The molecule has 104 valence electrons. The van der Waals surface area contributed by atoms with Crippen LogP contribution in [0.15, 0.2) is 0 Å². The molecule has 0 aliphatic heterocycles. The number of nitrogens with one attached hydrogen (secondary N) is 2. The van der Waals surface area contributed by atoms with Gasteiger partial charge in [0.25, 0.3) is 0 Å². The highest BCUT2D eigenvalue weighted by atomic mass is 16.4. The van der Waals surface area contributed by atoms with Crippen LogP contribution in [0.5, 0.6) is 0 Å². The number of aliphatic carboxylic acids is 1. The van der Waals surface area contributed by atoms with Crippen molar-refractivity contribution in [2.75, 3.05) is 0 Å². The van der Waals surface area contributed by atoms with E-state index in [1.54, 1.807) is 27.7 Å². The molecular formula is C12H22N2O4. The number of hydrogen-bond acceptors (Lipinski definition) is 3. The maximum Gasteiger partial charge on any atom is 0.326 e. The van der Waals surface area contributed by atoms with Gasteiger partial charge in [0, 0.05) is 6.92 Å². The summed E-state index contributed by atoms with van der Waals surface area (Å²) in [7, 11) is 0. The molecule has 0 spiro atoms. The van der Waals surface area contributed by atoms with E-state index >= 15 is 0 Å². The number of carboxylic acid groups (broad SMARTS) is 1. The first-order valence-electron chi connectivity index (χ1n) is 5.97. The summed E-state index contributed by atoms with van der Waals surface area (Å²) in [5.74, 6) is -2.21. The van der Waals surface area contributed by atoms with Crippen molar-refractivity contribution in [1.82, 2.24) is 10.6 Å². The van der Waals surface area contributed by atoms with Gasteiger partial charge in [0.05, 0.1) is 0 Å². The predicted molar refractivity (Wildman–Crippen MR) is 66.8 cm³/mol. The minimum atomic E-state index is -1.08. The number of carbonyl (C=O) groups is 3. The van der Waals surface area contributed by atoms with Gasteiger partial charge in [-0.25, -0.2) is 4.79 Å². The lowest BCUT2D eigenvalue weighted by molar-refractivity contribution is -0.143. The van der Waals surface area contributed by atoms with Crippen molar-refractivity contribution in [2.45, 2.75) is 46.7 Å². The van der Waals surface area contributed by atoms with Crippen LogP contribution < -0.4 is 10.6 Å². The van der Waals surface area contributed by atoms with Crippen molar-refractivity contribution < 1.29 is 19.5 Å². The molecule has 0 saturated carbocycles. The Kier molecular flexibility index (Phi) is 6.36. The van der Waals surface area contributed by atoms with Gasteiger partial charge in [-0.2, -0.15) is 0 Å². The number of hydrogen-bond donors (Lipinski definition) is 3. The van der Waals surface area contributed by atoms with E-state index in [1.165, 1.54) is 6.92 Å². The third-order valence-electron chi connectivity index (χ3n) is 2.54. The molecule has 6 nitrogen and oxygen atoms in total. The lowest BCUT2D eigenvalue weighted by Gasteiger charge is -2.24. The Morgan fingerprint density at radius 3 is 1.61 bits per heavy atom. The Bertz CT molecular complexity index is 326. The zero-order valence-electron chi connectivity index (χ0n) is 11.5. The van der Waals surface area contributed by atoms with E-state index in [4.69, 9.17) is 5.11 Å². The van der Waals surface area contributed by atoms with E-state index < -0.39 is 24.0 Å². The van der Waals surface area contributed by atoms with Crippen LogP contribution in [0.4, 0.5) is 0 Å². The Hall–Kier alpha value is -1.59. The van der Waals surface area contributed by atoms with Gasteiger partial charge in [-0.15, -0.1) is 0 Å². The van der Waals surface area contributed by atoms with Crippen LogP contribution in [0.3, 0.4) is 0 Å². The van der Waals surface area contributed by atoms with Crippen LogP contribution in [0.1, 0.15) is 34.6 Å². The van der Waals surface area contributed by atoms with Crippen molar-refractivity contribution in [3.8, 4) is 0 Å². The fourth-order valence-corrected chi connectivity index (χ4v) is 1.51. The molecule has 2 amide bonds. The van der Waals surface area contributed by atoms with Crippen molar-refractivity contribution in [3.63, 3.8) is 0 Å². The van der Waals surface area contributed by atoms with Crippen LogP contribution >= 0.6 is 0 Å². The highest BCUT2D eigenvalue weighted by Crippen LogP contribution is 2.06. The molecule has 0 rings (SSSR count). The van der Waals surface area contributed by atoms with Crippen molar-refractivity contribution >= 4 is 17.8 Å². The lowest BCUT2D eigenvalue weighted by Crippen LogP contribution is -2.54. The minimum absolute atomic E-state index is 0.115. The molecule has 2 atom stereocenters. The quantitative estimate of drug-likeness (QED) is 0.641. The summed E-state index contributed by atoms with van der Waals surface area (Å²) in [6, 6.07) is -1.67. The molecule has 0 aliphatic rings. The first kappa shape index (κ1) is 16.4. The second kappa shape index (κ2) is 6.98. The van der Waals surface area contributed by atoms with E-state index in [0.29, 0.717) is 0 Å². The van der Waals surface area contributed by atoms with Gasteiger partial charge in [0.1, 0.15) is 12.1 Å². The van der Waals surface area contributed by atoms with E-state index in [0.717, 1.165) is 0 Å². The van der Waals surface area contributed by atoms with E-state index in [1.807, 2.05) is 0 Å². The van der Waals surface area contributed by atoms with E-state index in [9.17, 15) is 14.4 Å². The highest BCUT2D eigenvalue weighted by Gasteiger charge is 2.29. The third-order valence-corrected chi connectivity index (χ3v) is 2.54. The third kappa shape index (κ3) is 5.16. The van der Waals surface area contributed by atoms with Gasteiger partial charge >= 0.3 is 5.97 Å². The highest BCUT2D eigenvalue weighted by molar-refractivity contribution is 5.90. The molecule has 1 unspecified atom stereocenters. The standard InChI is InChI=1S/C12H22N2O4/c1-6(2)9(13-8(5)15)11(16)14-10(7(3)4)12(17)18/h6-7,9-10H,1-5H3,(H,13,15)(H,14,16)(H,17,18)/t9?,10-/m1/s1. The maximum absolute atomic E-state index is 12.0. The molecule has 18 heavy (non-hydrogen) atoms. The van der Waals surface area contributed by atoms with Crippen LogP contribution in [0.25, 0.3) is 0 Å². The molecule has 3 N–H and O–H groups in total. The molecule has 0 heterocycles.